The summed E-state index contributed by atoms with van der Waals surface area (Å²) in [7, 11) is 1.63. The fourth-order valence-electron chi connectivity index (χ4n) is 2.21. The Kier molecular flexibility index (Phi) is 3.93. The van der Waals surface area contributed by atoms with Crippen LogP contribution in [0.3, 0.4) is 0 Å². The number of aromatic nitrogens is 2. The zero-order valence-corrected chi connectivity index (χ0v) is 12.0. The van der Waals surface area contributed by atoms with Crippen molar-refractivity contribution in [2.24, 2.45) is 5.92 Å². The molecule has 0 saturated carbocycles. The first-order valence-corrected chi connectivity index (χ1v) is 7.52. The summed E-state index contributed by atoms with van der Waals surface area (Å²) >= 11 is 1.44. The van der Waals surface area contributed by atoms with Gasteiger partial charge in [0.15, 0.2) is 5.16 Å². The standard InChI is InChI=1S/C14H16N2O3S/c1-18-10-2-3-11-12(6-10)16-14(15-11)20-8-13(17)9-4-5-19-7-9/h2-3,6,9H,4-5,7-8H2,1H3,(H,15,16). The highest BCUT2D eigenvalue weighted by Crippen LogP contribution is 2.24. The fraction of sp³-hybridized carbons (Fsp3) is 0.429. The molecule has 2 aromatic rings. The van der Waals surface area contributed by atoms with Crippen molar-refractivity contribution in [1.82, 2.24) is 9.97 Å². The Morgan fingerprint density at radius 2 is 2.50 bits per heavy atom. The van der Waals surface area contributed by atoms with Crippen LogP contribution in [0, 0.1) is 5.92 Å². The number of benzene rings is 1. The quantitative estimate of drug-likeness (QED) is 0.856. The lowest BCUT2D eigenvalue weighted by molar-refractivity contribution is -0.120. The Labute approximate surface area is 121 Å². The Balaban J connectivity index is 1.66. The van der Waals surface area contributed by atoms with Crippen molar-refractivity contribution in [1.29, 1.82) is 0 Å². The predicted molar refractivity (Wildman–Crippen MR) is 77.3 cm³/mol. The number of ketones is 1. The number of nitrogens with zero attached hydrogens (tertiary/aromatic N) is 1. The van der Waals surface area contributed by atoms with Crippen LogP contribution < -0.4 is 4.74 Å². The number of carbonyl (C=O) groups excluding carboxylic acids is 1. The summed E-state index contributed by atoms with van der Waals surface area (Å²) in [5.74, 6) is 1.53. The van der Waals surface area contributed by atoms with E-state index >= 15 is 0 Å². The molecule has 1 saturated heterocycles. The van der Waals surface area contributed by atoms with Crippen molar-refractivity contribution in [3.8, 4) is 5.75 Å². The summed E-state index contributed by atoms with van der Waals surface area (Å²) in [5, 5.41) is 0.764. The van der Waals surface area contributed by atoms with E-state index in [0.717, 1.165) is 28.4 Å². The SMILES string of the molecule is COc1ccc2nc(SCC(=O)C3CCOC3)[nH]c2c1. The molecule has 20 heavy (non-hydrogen) atoms. The van der Waals surface area contributed by atoms with Gasteiger partial charge in [-0.2, -0.15) is 0 Å². The molecule has 1 atom stereocenters. The van der Waals surface area contributed by atoms with Crippen LogP contribution in [0.5, 0.6) is 5.75 Å². The van der Waals surface area contributed by atoms with Gasteiger partial charge in [0.1, 0.15) is 11.5 Å². The lowest BCUT2D eigenvalue weighted by atomic mass is 10.1. The molecule has 2 heterocycles. The second-order valence-electron chi connectivity index (χ2n) is 4.74. The highest BCUT2D eigenvalue weighted by atomic mass is 32.2. The maximum Gasteiger partial charge on any atom is 0.166 e. The molecule has 1 aromatic heterocycles. The highest BCUT2D eigenvalue weighted by molar-refractivity contribution is 7.99. The molecule has 106 valence electrons. The summed E-state index contributed by atoms with van der Waals surface area (Å²) in [4.78, 5) is 19.6. The molecule has 1 N–H and O–H groups in total. The molecular formula is C14H16N2O3S. The first kappa shape index (κ1) is 13.5. The number of thioether (sulfide) groups is 1. The zero-order valence-electron chi connectivity index (χ0n) is 11.2. The lowest BCUT2D eigenvalue weighted by Gasteiger charge is -2.04. The van der Waals surface area contributed by atoms with E-state index in [2.05, 4.69) is 9.97 Å². The number of hydrogen-bond acceptors (Lipinski definition) is 5. The number of rotatable bonds is 5. The van der Waals surface area contributed by atoms with Crippen LogP contribution in [-0.4, -0.2) is 41.8 Å². The number of carbonyl (C=O) groups is 1. The van der Waals surface area contributed by atoms with Crippen molar-refractivity contribution < 1.29 is 14.3 Å². The minimum absolute atomic E-state index is 0.0620. The Bertz CT molecular complexity index is 620. The van der Waals surface area contributed by atoms with Crippen molar-refractivity contribution in [2.45, 2.75) is 11.6 Å². The number of methoxy groups -OCH3 is 1. The third kappa shape index (κ3) is 2.81. The second-order valence-corrected chi connectivity index (χ2v) is 5.70. The van der Waals surface area contributed by atoms with Crippen LogP contribution >= 0.6 is 11.8 Å². The van der Waals surface area contributed by atoms with Crippen molar-refractivity contribution >= 4 is 28.6 Å². The van der Waals surface area contributed by atoms with E-state index < -0.39 is 0 Å². The van der Waals surface area contributed by atoms with Crippen molar-refractivity contribution in [2.75, 3.05) is 26.1 Å². The van der Waals surface area contributed by atoms with Crippen molar-refractivity contribution in [3.05, 3.63) is 18.2 Å². The van der Waals surface area contributed by atoms with Gasteiger partial charge in [0.05, 0.1) is 30.5 Å². The topological polar surface area (TPSA) is 64.2 Å². The lowest BCUT2D eigenvalue weighted by Crippen LogP contribution is -2.16. The maximum atomic E-state index is 12.0. The van der Waals surface area contributed by atoms with Gasteiger partial charge >= 0.3 is 0 Å². The fourth-order valence-corrected chi connectivity index (χ4v) is 3.07. The second kappa shape index (κ2) is 5.85. The zero-order chi connectivity index (χ0) is 13.9. The molecule has 6 heteroatoms. The molecule has 3 rings (SSSR count). The number of Topliss-reactive ketones (excluding diaryl/α,β-unsaturated/α-hetero) is 1. The molecule has 0 aliphatic carbocycles. The number of ether oxygens (including phenoxy) is 2. The van der Waals surface area contributed by atoms with Gasteiger partial charge < -0.3 is 14.5 Å². The van der Waals surface area contributed by atoms with Gasteiger partial charge in [-0.3, -0.25) is 4.79 Å². The molecule has 0 bridgehead atoms. The molecule has 5 nitrogen and oxygen atoms in total. The summed E-state index contributed by atoms with van der Waals surface area (Å²) < 4.78 is 10.4. The van der Waals surface area contributed by atoms with Gasteiger partial charge in [-0.1, -0.05) is 11.8 Å². The third-order valence-corrected chi connectivity index (χ3v) is 4.30. The van der Waals surface area contributed by atoms with E-state index in [4.69, 9.17) is 9.47 Å². The summed E-state index contributed by atoms with van der Waals surface area (Å²) in [5.41, 5.74) is 1.80. The van der Waals surface area contributed by atoms with E-state index in [1.807, 2.05) is 18.2 Å². The highest BCUT2D eigenvalue weighted by Gasteiger charge is 2.23. The number of imidazole rings is 1. The Morgan fingerprint density at radius 1 is 1.60 bits per heavy atom. The van der Waals surface area contributed by atoms with E-state index in [1.165, 1.54) is 11.8 Å². The predicted octanol–water partition coefficient (Wildman–Crippen LogP) is 2.27. The van der Waals surface area contributed by atoms with Crippen LogP contribution in [0.15, 0.2) is 23.4 Å². The first-order chi connectivity index (χ1) is 9.76. The van der Waals surface area contributed by atoms with Crippen LogP contribution in [-0.2, 0) is 9.53 Å². The average molecular weight is 292 g/mol. The average Bonchev–Trinajstić information content (AvgIpc) is 3.12. The van der Waals surface area contributed by atoms with Gasteiger partial charge in [0, 0.05) is 18.6 Å². The van der Waals surface area contributed by atoms with Gasteiger partial charge in [-0.25, -0.2) is 4.98 Å². The molecule has 0 radical (unpaired) electrons. The van der Waals surface area contributed by atoms with E-state index in [0.29, 0.717) is 19.0 Å². The first-order valence-electron chi connectivity index (χ1n) is 6.53. The van der Waals surface area contributed by atoms with Gasteiger partial charge in [-0.15, -0.1) is 0 Å². The van der Waals surface area contributed by atoms with Crippen LogP contribution in [0.2, 0.25) is 0 Å². The van der Waals surface area contributed by atoms with Gasteiger partial charge in [0.2, 0.25) is 0 Å². The maximum absolute atomic E-state index is 12.0. The number of aromatic amines is 1. The molecule has 1 fully saturated rings. The molecular weight excluding hydrogens is 276 g/mol. The monoisotopic (exact) mass is 292 g/mol. The van der Waals surface area contributed by atoms with Crippen molar-refractivity contribution in [3.63, 3.8) is 0 Å². The molecule has 0 amide bonds. The van der Waals surface area contributed by atoms with Crippen LogP contribution in [0.4, 0.5) is 0 Å². The smallest absolute Gasteiger partial charge is 0.166 e. The van der Waals surface area contributed by atoms with Crippen LogP contribution in [0.1, 0.15) is 6.42 Å². The Morgan fingerprint density at radius 3 is 3.25 bits per heavy atom. The molecule has 1 aromatic carbocycles. The number of fused-ring (bicyclic) bond motifs is 1. The largest absolute Gasteiger partial charge is 0.497 e. The molecule has 1 aliphatic heterocycles. The summed E-state index contributed by atoms with van der Waals surface area (Å²) in [6.45, 7) is 1.27. The minimum Gasteiger partial charge on any atom is -0.497 e. The summed E-state index contributed by atoms with van der Waals surface area (Å²) in [6.07, 6.45) is 0.844. The molecule has 1 aliphatic rings. The number of nitrogens with one attached hydrogen (secondary N) is 1. The van der Waals surface area contributed by atoms with E-state index in [1.54, 1.807) is 7.11 Å². The van der Waals surface area contributed by atoms with Crippen LogP contribution in [0.25, 0.3) is 11.0 Å². The molecule has 1 unspecified atom stereocenters. The van der Waals surface area contributed by atoms with Gasteiger partial charge in [-0.05, 0) is 18.6 Å². The minimum atomic E-state index is 0.0620. The molecule has 0 spiro atoms. The van der Waals surface area contributed by atoms with E-state index in [-0.39, 0.29) is 11.7 Å². The number of hydrogen-bond donors (Lipinski definition) is 1. The Hall–Kier alpha value is -1.53. The van der Waals surface area contributed by atoms with E-state index in [9.17, 15) is 4.79 Å². The van der Waals surface area contributed by atoms with Gasteiger partial charge in [0.25, 0.3) is 0 Å². The normalized spacial score (nSPS) is 18.6. The number of H-pyrrole nitrogens is 1. The summed E-state index contributed by atoms with van der Waals surface area (Å²) in [6, 6.07) is 5.68. The third-order valence-electron chi connectivity index (χ3n) is 3.40.